The molecule has 5 aromatic rings. The van der Waals surface area contributed by atoms with Gasteiger partial charge in [-0.05, 0) is 36.4 Å². The Balaban J connectivity index is 1.89. The summed E-state index contributed by atoms with van der Waals surface area (Å²) in [7, 11) is 0. The number of hydrogen-bond donors (Lipinski definition) is 0. The highest BCUT2D eigenvalue weighted by Crippen LogP contribution is 2.26. The standard InChI is InChI=1S/C22H13FN4O/c23-16-10-15(11-24-13-16)18-7-8-19-21(26-18)22-14(12-25-19)6-9-20(28)27(22)17-4-2-1-3-5-17/h1-13H. The third-order valence-electron chi connectivity index (χ3n) is 4.58. The molecule has 4 aromatic heterocycles. The Morgan fingerprint density at radius 3 is 2.57 bits per heavy atom. The maximum absolute atomic E-state index is 13.6. The van der Waals surface area contributed by atoms with Crippen molar-refractivity contribution in [3.8, 4) is 16.9 Å². The summed E-state index contributed by atoms with van der Waals surface area (Å²) in [6.07, 6.45) is 4.43. The zero-order valence-electron chi connectivity index (χ0n) is 14.6. The van der Waals surface area contributed by atoms with Crippen molar-refractivity contribution in [3.05, 3.63) is 95.4 Å². The molecule has 0 fully saturated rings. The van der Waals surface area contributed by atoms with Gasteiger partial charge in [-0.15, -0.1) is 0 Å². The molecule has 134 valence electrons. The van der Waals surface area contributed by atoms with Crippen LogP contribution < -0.4 is 5.56 Å². The Morgan fingerprint density at radius 1 is 0.893 bits per heavy atom. The van der Waals surface area contributed by atoms with Crippen molar-refractivity contribution in [3.63, 3.8) is 0 Å². The molecule has 0 saturated heterocycles. The van der Waals surface area contributed by atoms with Gasteiger partial charge in [0, 0.05) is 35.1 Å². The van der Waals surface area contributed by atoms with Crippen LogP contribution in [0.15, 0.2) is 84.0 Å². The van der Waals surface area contributed by atoms with Gasteiger partial charge in [-0.2, -0.15) is 0 Å². The van der Waals surface area contributed by atoms with E-state index in [0.717, 1.165) is 17.3 Å². The molecular formula is C22H13FN4O. The summed E-state index contributed by atoms with van der Waals surface area (Å²) >= 11 is 0. The number of para-hydroxylation sites is 1. The van der Waals surface area contributed by atoms with E-state index in [-0.39, 0.29) is 5.56 Å². The fraction of sp³-hybridized carbons (Fsp3) is 0. The van der Waals surface area contributed by atoms with Gasteiger partial charge < -0.3 is 0 Å². The highest BCUT2D eigenvalue weighted by atomic mass is 19.1. The number of fused-ring (bicyclic) bond motifs is 3. The molecule has 6 heteroatoms. The molecule has 0 radical (unpaired) electrons. The van der Waals surface area contributed by atoms with Crippen LogP contribution in [0.4, 0.5) is 4.39 Å². The third-order valence-corrected chi connectivity index (χ3v) is 4.58. The third kappa shape index (κ3) is 2.63. The number of nitrogens with zero attached hydrogens (tertiary/aromatic N) is 4. The summed E-state index contributed by atoms with van der Waals surface area (Å²) in [6, 6.07) is 17.6. The summed E-state index contributed by atoms with van der Waals surface area (Å²) in [6.45, 7) is 0. The molecule has 0 unspecified atom stereocenters. The number of hydrogen-bond acceptors (Lipinski definition) is 4. The van der Waals surface area contributed by atoms with E-state index in [0.29, 0.717) is 27.8 Å². The average Bonchev–Trinajstić information content (AvgIpc) is 2.74. The summed E-state index contributed by atoms with van der Waals surface area (Å²) in [5.74, 6) is -0.434. The highest BCUT2D eigenvalue weighted by Gasteiger charge is 2.12. The normalized spacial score (nSPS) is 11.2. The van der Waals surface area contributed by atoms with Gasteiger partial charge in [0.25, 0.3) is 5.56 Å². The van der Waals surface area contributed by atoms with Crippen LogP contribution in [0.1, 0.15) is 0 Å². The SMILES string of the molecule is O=c1ccc2cnc3ccc(-c4cncc(F)c4)nc3c2n1-c1ccccc1. The lowest BCUT2D eigenvalue weighted by molar-refractivity contribution is 0.622. The molecule has 4 heterocycles. The second-order valence-electron chi connectivity index (χ2n) is 6.36. The monoisotopic (exact) mass is 368 g/mol. The van der Waals surface area contributed by atoms with Gasteiger partial charge in [0.1, 0.15) is 11.3 Å². The zero-order valence-corrected chi connectivity index (χ0v) is 14.6. The molecule has 28 heavy (non-hydrogen) atoms. The molecule has 0 spiro atoms. The lowest BCUT2D eigenvalue weighted by atomic mass is 10.1. The van der Waals surface area contributed by atoms with Crippen molar-refractivity contribution in [2.45, 2.75) is 0 Å². The molecule has 0 aliphatic heterocycles. The van der Waals surface area contributed by atoms with Crippen molar-refractivity contribution < 1.29 is 4.39 Å². The van der Waals surface area contributed by atoms with Crippen molar-refractivity contribution in [1.82, 2.24) is 19.5 Å². The van der Waals surface area contributed by atoms with Crippen LogP contribution in [-0.2, 0) is 0 Å². The minimum atomic E-state index is -0.434. The molecule has 0 saturated carbocycles. The van der Waals surface area contributed by atoms with E-state index in [1.54, 1.807) is 29.1 Å². The fourth-order valence-corrected chi connectivity index (χ4v) is 3.32. The first kappa shape index (κ1) is 16.3. The average molecular weight is 368 g/mol. The van der Waals surface area contributed by atoms with E-state index in [9.17, 15) is 9.18 Å². The highest BCUT2D eigenvalue weighted by molar-refractivity contribution is 6.02. The molecule has 0 aliphatic carbocycles. The van der Waals surface area contributed by atoms with E-state index >= 15 is 0 Å². The Bertz CT molecular complexity index is 1400. The quantitative estimate of drug-likeness (QED) is 0.440. The second-order valence-corrected chi connectivity index (χ2v) is 6.36. The predicted octanol–water partition coefficient (Wildman–Crippen LogP) is 4.14. The van der Waals surface area contributed by atoms with E-state index < -0.39 is 5.82 Å². The van der Waals surface area contributed by atoms with Crippen molar-refractivity contribution in [2.24, 2.45) is 0 Å². The first-order chi connectivity index (χ1) is 13.7. The molecule has 0 bridgehead atoms. The van der Waals surface area contributed by atoms with Crippen LogP contribution in [0.2, 0.25) is 0 Å². The van der Waals surface area contributed by atoms with Crippen LogP contribution >= 0.6 is 0 Å². The van der Waals surface area contributed by atoms with Crippen LogP contribution in [0, 0.1) is 5.82 Å². The van der Waals surface area contributed by atoms with Crippen LogP contribution in [-0.4, -0.2) is 19.5 Å². The Hall–Kier alpha value is -3.93. The van der Waals surface area contributed by atoms with E-state index in [1.165, 1.54) is 12.1 Å². The molecule has 0 amide bonds. The van der Waals surface area contributed by atoms with E-state index in [4.69, 9.17) is 4.98 Å². The van der Waals surface area contributed by atoms with Crippen LogP contribution in [0.3, 0.4) is 0 Å². The largest absolute Gasteiger partial charge is 0.275 e. The fourth-order valence-electron chi connectivity index (χ4n) is 3.32. The Labute approximate surface area is 158 Å². The molecule has 5 rings (SSSR count). The number of aromatic nitrogens is 4. The van der Waals surface area contributed by atoms with Gasteiger partial charge in [0.15, 0.2) is 0 Å². The number of pyridine rings is 4. The smallest absolute Gasteiger partial charge is 0.255 e. The molecule has 1 aromatic carbocycles. The van der Waals surface area contributed by atoms with Gasteiger partial charge in [0.05, 0.1) is 22.9 Å². The van der Waals surface area contributed by atoms with Gasteiger partial charge in [-0.3, -0.25) is 19.3 Å². The molecule has 0 N–H and O–H groups in total. The van der Waals surface area contributed by atoms with E-state index in [1.807, 2.05) is 36.4 Å². The lowest BCUT2D eigenvalue weighted by Gasteiger charge is -2.12. The number of rotatable bonds is 2. The van der Waals surface area contributed by atoms with Crippen LogP contribution in [0.5, 0.6) is 0 Å². The van der Waals surface area contributed by atoms with Gasteiger partial charge in [-0.1, -0.05) is 18.2 Å². The van der Waals surface area contributed by atoms with Crippen molar-refractivity contribution >= 4 is 21.9 Å². The van der Waals surface area contributed by atoms with Crippen molar-refractivity contribution in [2.75, 3.05) is 0 Å². The minimum absolute atomic E-state index is 0.161. The Kier molecular flexibility index (Phi) is 3.69. The summed E-state index contributed by atoms with van der Waals surface area (Å²) in [4.78, 5) is 25.8. The first-order valence-electron chi connectivity index (χ1n) is 8.68. The van der Waals surface area contributed by atoms with Gasteiger partial charge in [-0.25, -0.2) is 9.37 Å². The maximum atomic E-state index is 13.6. The van der Waals surface area contributed by atoms with Crippen LogP contribution in [0.25, 0.3) is 38.9 Å². The summed E-state index contributed by atoms with van der Waals surface area (Å²) in [5, 5.41) is 0.790. The molecule has 0 aliphatic rings. The zero-order chi connectivity index (χ0) is 19.1. The Morgan fingerprint density at radius 2 is 1.75 bits per heavy atom. The van der Waals surface area contributed by atoms with Gasteiger partial charge in [0.2, 0.25) is 0 Å². The maximum Gasteiger partial charge on any atom is 0.255 e. The number of benzene rings is 1. The topological polar surface area (TPSA) is 60.7 Å². The summed E-state index contributed by atoms with van der Waals surface area (Å²) in [5.41, 5.74) is 3.58. The van der Waals surface area contributed by atoms with Crippen molar-refractivity contribution in [1.29, 1.82) is 0 Å². The molecular weight excluding hydrogens is 355 g/mol. The van der Waals surface area contributed by atoms with E-state index in [2.05, 4.69) is 9.97 Å². The predicted molar refractivity (Wildman–Crippen MR) is 106 cm³/mol. The van der Waals surface area contributed by atoms with Gasteiger partial charge >= 0.3 is 0 Å². The summed E-state index contributed by atoms with van der Waals surface area (Å²) < 4.78 is 15.2. The minimum Gasteiger partial charge on any atom is -0.275 e. The second kappa shape index (κ2) is 6.35. The first-order valence-corrected chi connectivity index (χ1v) is 8.68. The number of halogens is 1. The lowest BCUT2D eigenvalue weighted by Crippen LogP contribution is -2.17. The molecule has 0 atom stereocenters. The molecule has 5 nitrogen and oxygen atoms in total.